The maximum absolute atomic E-state index is 12.2. The van der Waals surface area contributed by atoms with Gasteiger partial charge >= 0.3 is 6.03 Å². The quantitative estimate of drug-likeness (QED) is 0.663. The molecule has 1 aliphatic heterocycles. The van der Waals surface area contributed by atoms with Crippen LogP contribution < -0.4 is 20.9 Å². The molecule has 0 aromatic heterocycles. The Labute approximate surface area is 161 Å². The highest BCUT2D eigenvalue weighted by molar-refractivity contribution is 6.30. The molecule has 0 bridgehead atoms. The third-order valence-corrected chi connectivity index (χ3v) is 4.35. The van der Waals surface area contributed by atoms with E-state index in [9.17, 15) is 14.4 Å². The van der Waals surface area contributed by atoms with E-state index in [1.165, 1.54) is 0 Å². The van der Waals surface area contributed by atoms with E-state index in [0.717, 1.165) is 5.69 Å². The second-order valence-electron chi connectivity index (χ2n) is 5.95. The Bertz CT molecular complexity index is 837. The molecule has 27 heavy (non-hydrogen) atoms. The number of anilines is 1. The van der Waals surface area contributed by atoms with Crippen LogP contribution in [0.25, 0.3) is 0 Å². The molecule has 0 saturated carbocycles. The van der Waals surface area contributed by atoms with Gasteiger partial charge in [0.25, 0.3) is 11.8 Å². The summed E-state index contributed by atoms with van der Waals surface area (Å²) in [5.74, 6) is -0.470. The van der Waals surface area contributed by atoms with E-state index in [-0.39, 0.29) is 17.8 Å². The van der Waals surface area contributed by atoms with Gasteiger partial charge in [-0.15, -0.1) is 0 Å². The summed E-state index contributed by atoms with van der Waals surface area (Å²) in [5.41, 5.74) is 1.74. The van der Waals surface area contributed by atoms with E-state index in [1.54, 1.807) is 53.4 Å². The van der Waals surface area contributed by atoms with Crippen molar-refractivity contribution < 1.29 is 14.4 Å². The van der Waals surface area contributed by atoms with Crippen LogP contribution in [0.5, 0.6) is 0 Å². The molecule has 4 amide bonds. The first-order valence-corrected chi connectivity index (χ1v) is 8.90. The zero-order chi connectivity index (χ0) is 19.2. The number of hydrogen-bond donors (Lipinski definition) is 3. The molecule has 0 spiro atoms. The topological polar surface area (TPSA) is 90.5 Å². The molecule has 2 aromatic carbocycles. The lowest BCUT2D eigenvalue weighted by Crippen LogP contribution is -2.34. The number of amides is 4. The first kappa shape index (κ1) is 18.7. The van der Waals surface area contributed by atoms with Gasteiger partial charge in [-0.3, -0.25) is 14.5 Å². The van der Waals surface area contributed by atoms with Crippen LogP contribution in [0.4, 0.5) is 10.5 Å². The molecule has 2 aromatic rings. The Hall–Kier alpha value is -3.06. The van der Waals surface area contributed by atoms with Crippen molar-refractivity contribution in [1.29, 1.82) is 0 Å². The van der Waals surface area contributed by atoms with Gasteiger partial charge in [0.05, 0.1) is 0 Å². The molecule has 1 fully saturated rings. The molecule has 1 aliphatic rings. The van der Waals surface area contributed by atoms with Gasteiger partial charge in [-0.25, -0.2) is 4.79 Å². The number of carbonyl (C=O) groups is 3. The summed E-state index contributed by atoms with van der Waals surface area (Å²) in [6.07, 6.45) is 0. The van der Waals surface area contributed by atoms with Crippen LogP contribution in [0.1, 0.15) is 20.7 Å². The average Bonchev–Trinajstić information content (AvgIpc) is 3.11. The van der Waals surface area contributed by atoms with Gasteiger partial charge in [0.2, 0.25) is 0 Å². The Balaban J connectivity index is 1.44. The first-order chi connectivity index (χ1) is 13.0. The molecule has 0 atom stereocenters. The highest BCUT2D eigenvalue weighted by Crippen LogP contribution is 2.17. The van der Waals surface area contributed by atoms with E-state index in [1.807, 2.05) is 0 Å². The van der Waals surface area contributed by atoms with Crippen molar-refractivity contribution in [3.05, 3.63) is 64.7 Å². The Morgan fingerprint density at radius 1 is 0.926 bits per heavy atom. The van der Waals surface area contributed by atoms with Crippen molar-refractivity contribution in [3.63, 3.8) is 0 Å². The largest absolute Gasteiger partial charge is 0.350 e. The second kappa shape index (κ2) is 8.55. The normalized spacial score (nSPS) is 13.2. The zero-order valence-corrected chi connectivity index (χ0v) is 15.3. The van der Waals surface area contributed by atoms with Gasteiger partial charge in [-0.05, 0) is 48.5 Å². The van der Waals surface area contributed by atoms with Gasteiger partial charge in [-0.1, -0.05) is 11.6 Å². The highest BCUT2D eigenvalue weighted by atomic mass is 35.5. The second-order valence-corrected chi connectivity index (χ2v) is 6.39. The number of hydrogen-bond acceptors (Lipinski definition) is 3. The number of benzene rings is 2. The van der Waals surface area contributed by atoms with Gasteiger partial charge in [0.1, 0.15) is 0 Å². The van der Waals surface area contributed by atoms with Crippen LogP contribution in [0, 0.1) is 0 Å². The predicted octanol–water partition coefficient (Wildman–Crippen LogP) is 2.03. The van der Waals surface area contributed by atoms with Crippen molar-refractivity contribution in [1.82, 2.24) is 16.0 Å². The summed E-state index contributed by atoms with van der Waals surface area (Å²) in [5, 5.41) is 8.77. The lowest BCUT2D eigenvalue weighted by Gasteiger charge is -2.14. The summed E-state index contributed by atoms with van der Waals surface area (Å²) < 4.78 is 0. The molecule has 8 heteroatoms. The van der Waals surface area contributed by atoms with Crippen molar-refractivity contribution in [3.8, 4) is 0 Å². The van der Waals surface area contributed by atoms with Crippen molar-refractivity contribution in [2.45, 2.75) is 0 Å². The summed E-state index contributed by atoms with van der Waals surface area (Å²) in [6.45, 7) is 1.83. The van der Waals surface area contributed by atoms with E-state index in [0.29, 0.717) is 42.3 Å². The van der Waals surface area contributed by atoms with E-state index < -0.39 is 0 Å². The SMILES string of the molecule is O=C(NCCNC(=O)c1ccc(N2CCNC2=O)cc1)c1ccc(Cl)cc1. The fourth-order valence-corrected chi connectivity index (χ4v) is 2.79. The third kappa shape index (κ3) is 4.77. The summed E-state index contributed by atoms with van der Waals surface area (Å²) in [7, 11) is 0. The first-order valence-electron chi connectivity index (χ1n) is 8.52. The molecule has 3 N–H and O–H groups in total. The molecule has 140 valence electrons. The maximum Gasteiger partial charge on any atom is 0.321 e. The van der Waals surface area contributed by atoms with Crippen molar-refractivity contribution >= 4 is 35.1 Å². The number of nitrogens with one attached hydrogen (secondary N) is 3. The Kier molecular flexibility index (Phi) is 5.93. The van der Waals surface area contributed by atoms with Crippen LogP contribution in [-0.2, 0) is 0 Å². The predicted molar refractivity (Wildman–Crippen MR) is 103 cm³/mol. The third-order valence-electron chi connectivity index (χ3n) is 4.10. The molecule has 0 radical (unpaired) electrons. The lowest BCUT2D eigenvalue weighted by molar-refractivity contribution is 0.0927. The standard InChI is InChI=1S/C19H19ClN4O3/c20-15-5-1-13(2-6-15)17(25)21-9-10-22-18(26)14-3-7-16(8-4-14)24-12-11-23-19(24)27/h1-8H,9-12H2,(H,21,25)(H,22,26)(H,23,27). The van der Waals surface area contributed by atoms with Crippen LogP contribution in [0.15, 0.2) is 48.5 Å². The molecule has 0 unspecified atom stereocenters. The van der Waals surface area contributed by atoms with Crippen LogP contribution in [0.3, 0.4) is 0 Å². The lowest BCUT2D eigenvalue weighted by atomic mass is 10.2. The van der Waals surface area contributed by atoms with E-state index in [4.69, 9.17) is 11.6 Å². The van der Waals surface area contributed by atoms with E-state index in [2.05, 4.69) is 16.0 Å². The van der Waals surface area contributed by atoms with Crippen LogP contribution in [-0.4, -0.2) is 44.0 Å². The van der Waals surface area contributed by atoms with Gasteiger partial charge < -0.3 is 16.0 Å². The Morgan fingerprint density at radius 2 is 1.44 bits per heavy atom. The number of urea groups is 1. The highest BCUT2D eigenvalue weighted by Gasteiger charge is 2.21. The molecule has 0 aliphatic carbocycles. The monoisotopic (exact) mass is 386 g/mol. The molecule has 1 heterocycles. The molecular formula is C19H19ClN4O3. The van der Waals surface area contributed by atoms with Gasteiger partial charge in [0, 0.05) is 48.0 Å². The van der Waals surface area contributed by atoms with Crippen molar-refractivity contribution in [2.24, 2.45) is 0 Å². The number of nitrogens with zero attached hydrogens (tertiary/aromatic N) is 1. The van der Waals surface area contributed by atoms with Crippen molar-refractivity contribution in [2.75, 3.05) is 31.1 Å². The average molecular weight is 387 g/mol. The number of rotatable bonds is 6. The van der Waals surface area contributed by atoms with Crippen LogP contribution >= 0.6 is 11.6 Å². The van der Waals surface area contributed by atoms with E-state index >= 15 is 0 Å². The Morgan fingerprint density at radius 3 is 1.93 bits per heavy atom. The zero-order valence-electron chi connectivity index (χ0n) is 14.5. The van der Waals surface area contributed by atoms with Gasteiger partial charge in [-0.2, -0.15) is 0 Å². The minimum Gasteiger partial charge on any atom is -0.350 e. The number of halogens is 1. The maximum atomic E-state index is 12.2. The fourth-order valence-electron chi connectivity index (χ4n) is 2.67. The minimum absolute atomic E-state index is 0.136. The van der Waals surface area contributed by atoms with Gasteiger partial charge in [0.15, 0.2) is 0 Å². The minimum atomic E-state index is -0.242. The summed E-state index contributed by atoms with van der Waals surface area (Å²) in [6, 6.07) is 13.2. The molecular weight excluding hydrogens is 368 g/mol. The summed E-state index contributed by atoms with van der Waals surface area (Å²) >= 11 is 5.79. The van der Waals surface area contributed by atoms with Crippen LogP contribution in [0.2, 0.25) is 5.02 Å². The summed E-state index contributed by atoms with van der Waals surface area (Å²) in [4.78, 5) is 37.4. The molecule has 1 saturated heterocycles. The molecule has 3 rings (SSSR count). The fraction of sp³-hybridized carbons (Fsp3) is 0.211. The smallest absolute Gasteiger partial charge is 0.321 e. The molecule has 7 nitrogen and oxygen atoms in total. The number of carbonyl (C=O) groups excluding carboxylic acids is 3.